The molecule has 0 aliphatic heterocycles. The maximum Gasteiger partial charge on any atom is 0.184 e. The van der Waals surface area contributed by atoms with Crippen molar-refractivity contribution in [2.75, 3.05) is 5.73 Å². The van der Waals surface area contributed by atoms with Gasteiger partial charge < -0.3 is 5.73 Å². The van der Waals surface area contributed by atoms with E-state index in [1.807, 2.05) is 0 Å². The largest absolute Gasteiger partial charge is 0.398 e. The number of sulfone groups is 1. The van der Waals surface area contributed by atoms with E-state index in [9.17, 15) is 8.42 Å². The highest BCUT2D eigenvalue weighted by Gasteiger charge is 2.19. The second-order valence-electron chi connectivity index (χ2n) is 4.19. The zero-order valence-corrected chi connectivity index (χ0v) is 14.0. The van der Waals surface area contributed by atoms with Crippen molar-refractivity contribution in [1.82, 2.24) is 0 Å². The van der Waals surface area contributed by atoms with Crippen molar-refractivity contribution in [2.24, 2.45) is 0 Å². The number of anilines is 1. The van der Waals surface area contributed by atoms with Gasteiger partial charge in [-0.05, 0) is 35.9 Å². The van der Waals surface area contributed by atoms with Crippen molar-refractivity contribution >= 4 is 54.7 Å². The van der Waals surface area contributed by atoms with Gasteiger partial charge in [0.15, 0.2) is 9.84 Å². The molecule has 0 saturated heterocycles. The lowest BCUT2D eigenvalue weighted by Crippen LogP contribution is -2.08. The van der Waals surface area contributed by atoms with Crippen LogP contribution in [0.3, 0.4) is 0 Å². The van der Waals surface area contributed by atoms with Crippen molar-refractivity contribution in [2.45, 2.75) is 10.6 Å². The average molecular weight is 395 g/mol. The number of nitrogen functional groups attached to an aromatic ring is 1. The molecule has 0 spiro atoms. The Bertz CT molecular complexity index is 763. The monoisotopic (exact) mass is 393 g/mol. The summed E-state index contributed by atoms with van der Waals surface area (Å²) in [6.45, 7) is 0. The molecular formula is C13H10BrCl2NO2S. The first kappa shape index (κ1) is 15.6. The third-order valence-corrected chi connectivity index (χ3v) is 5.64. The Hall–Kier alpha value is -0.750. The van der Waals surface area contributed by atoms with Gasteiger partial charge in [0.05, 0.1) is 26.4 Å². The number of hydrogen-bond donors (Lipinski definition) is 1. The molecular weight excluding hydrogens is 385 g/mol. The summed E-state index contributed by atoms with van der Waals surface area (Å²) in [6.07, 6.45) is 0. The molecule has 2 rings (SSSR count). The smallest absolute Gasteiger partial charge is 0.184 e. The van der Waals surface area contributed by atoms with Gasteiger partial charge in [-0.2, -0.15) is 0 Å². The molecule has 2 N–H and O–H groups in total. The number of hydrogen-bond acceptors (Lipinski definition) is 3. The van der Waals surface area contributed by atoms with Crippen LogP contribution in [0, 0.1) is 0 Å². The van der Waals surface area contributed by atoms with Crippen molar-refractivity contribution in [1.29, 1.82) is 0 Å². The molecule has 0 heterocycles. The van der Waals surface area contributed by atoms with Crippen LogP contribution >= 0.6 is 39.1 Å². The molecule has 106 valence electrons. The van der Waals surface area contributed by atoms with Crippen LogP contribution in [0.2, 0.25) is 10.0 Å². The van der Waals surface area contributed by atoms with Gasteiger partial charge in [0.1, 0.15) is 0 Å². The second-order valence-corrected chi connectivity index (χ2v) is 7.88. The minimum Gasteiger partial charge on any atom is -0.398 e. The Kier molecular flexibility index (Phi) is 4.64. The van der Waals surface area contributed by atoms with Crippen LogP contribution in [-0.4, -0.2) is 8.42 Å². The summed E-state index contributed by atoms with van der Waals surface area (Å²) < 4.78 is 25.4. The first-order valence-corrected chi connectivity index (χ1v) is 8.71. The fourth-order valence-electron chi connectivity index (χ4n) is 1.73. The van der Waals surface area contributed by atoms with Gasteiger partial charge in [-0.3, -0.25) is 0 Å². The van der Waals surface area contributed by atoms with Crippen molar-refractivity contribution in [3.8, 4) is 0 Å². The summed E-state index contributed by atoms with van der Waals surface area (Å²) in [5.74, 6) is -0.185. The normalized spacial score (nSPS) is 11.6. The number of nitrogens with two attached hydrogens (primary N) is 1. The van der Waals surface area contributed by atoms with E-state index in [1.54, 1.807) is 24.3 Å². The Morgan fingerprint density at radius 3 is 2.35 bits per heavy atom. The van der Waals surface area contributed by atoms with E-state index < -0.39 is 9.84 Å². The highest BCUT2D eigenvalue weighted by Crippen LogP contribution is 2.28. The van der Waals surface area contributed by atoms with Gasteiger partial charge >= 0.3 is 0 Å². The van der Waals surface area contributed by atoms with E-state index in [0.717, 1.165) is 4.47 Å². The zero-order chi connectivity index (χ0) is 14.9. The van der Waals surface area contributed by atoms with E-state index in [4.69, 9.17) is 28.9 Å². The average Bonchev–Trinajstić information content (AvgIpc) is 2.33. The maximum atomic E-state index is 12.4. The fraction of sp³-hybridized carbons (Fsp3) is 0.0769. The van der Waals surface area contributed by atoms with Gasteiger partial charge in [0.25, 0.3) is 0 Å². The minimum atomic E-state index is -3.54. The van der Waals surface area contributed by atoms with Gasteiger partial charge in [0, 0.05) is 4.47 Å². The fourth-order valence-corrected chi connectivity index (χ4v) is 3.90. The lowest BCUT2D eigenvalue weighted by atomic mass is 10.2. The van der Waals surface area contributed by atoms with Gasteiger partial charge in [-0.15, -0.1) is 0 Å². The predicted octanol–water partition coefficient (Wildman–Crippen LogP) is 4.31. The third kappa shape index (κ3) is 3.47. The van der Waals surface area contributed by atoms with Crippen LogP contribution in [0.5, 0.6) is 0 Å². The SMILES string of the molecule is Nc1cc(Br)ccc1S(=O)(=O)Cc1ccc(Cl)c(Cl)c1. The summed E-state index contributed by atoms with van der Waals surface area (Å²) in [6, 6.07) is 9.41. The maximum absolute atomic E-state index is 12.4. The predicted molar refractivity (Wildman–Crippen MR) is 85.9 cm³/mol. The molecule has 2 aromatic rings. The van der Waals surface area contributed by atoms with Crippen LogP contribution in [0.4, 0.5) is 5.69 Å². The van der Waals surface area contributed by atoms with Crippen LogP contribution in [-0.2, 0) is 15.6 Å². The Morgan fingerprint density at radius 2 is 1.75 bits per heavy atom. The Morgan fingerprint density at radius 1 is 1.05 bits per heavy atom. The molecule has 0 aliphatic rings. The number of rotatable bonds is 3. The molecule has 20 heavy (non-hydrogen) atoms. The molecule has 0 aromatic heterocycles. The molecule has 0 fully saturated rings. The van der Waals surface area contributed by atoms with Gasteiger partial charge in [-0.25, -0.2) is 8.42 Å². The van der Waals surface area contributed by atoms with E-state index in [-0.39, 0.29) is 16.3 Å². The molecule has 7 heteroatoms. The third-order valence-electron chi connectivity index (χ3n) is 2.65. The Balaban J connectivity index is 2.38. The van der Waals surface area contributed by atoms with Crippen LogP contribution in [0.15, 0.2) is 45.8 Å². The molecule has 0 atom stereocenters. The van der Waals surface area contributed by atoms with E-state index >= 15 is 0 Å². The molecule has 3 nitrogen and oxygen atoms in total. The topological polar surface area (TPSA) is 60.2 Å². The lowest BCUT2D eigenvalue weighted by Gasteiger charge is -2.08. The quantitative estimate of drug-likeness (QED) is 0.789. The van der Waals surface area contributed by atoms with Crippen LogP contribution in [0.1, 0.15) is 5.56 Å². The van der Waals surface area contributed by atoms with Crippen LogP contribution in [0.25, 0.3) is 0 Å². The van der Waals surface area contributed by atoms with Crippen molar-refractivity contribution < 1.29 is 8.42 Å². The van der Waals surface area contributed by atoms with E-state index in [0.29, 0.717) is 15.6 Å². The summed E-state index contributed by atoms with van der Waals surface area (Å²) in [5, 5.41) is 0.708. The molecule has 0 unspecified atom stereocenters. The van der Waals surface area contributed by atoms with Gasteiger partial charge in [-0.1, -0.05) is 45.2 Å². The summed E-state index contributed by atoms with van der Waals surface area (Å²) >= 11 is 14.9. The summed E-state index contributed by atoms with van der Waals surface area (Å²) in [5.41, 5.74) is 6.52. The van der Waals surface area contributed by atoms with Crippen molar-refractivity contribution in [3.63, 3.8) is 0 Å². The first-order chi connectivity index (χ1) is 9.29. The molecule has 2 aromatic carbocycles. The van der Waals surface area contributed by atoms with Crippen molar-refractivity contribution in [3.05, 3.63) is 56.5 Å². The highest BCUT2D eigenvalue weighted by atomic mass is 79.9. The molecule has 0 bridgehead atoms. The minimum absolute atomic E-state index is 0.103. The Labute approximate surface area is 135 Å². The van der Waals surface area contributed by atoms with Gasteiger partial charge in [0.2, 0.25) is 0 Å². The molecule has 0 saturated carbocycles. The highest BCUT2D eigenvalue weighted by molar-refractivity contribution is 9.10. The molecule has 0 aliphatic carbocycles. The summed E-state index contributed by atoms with van der Waals surface area (Å²) in [4.78, 5) is 0.103. The standard InChI is InChI=1S/C13H10BrCl2NO2S/c14-9-2-4-13(12(17)6-9)20(18,19)7-8-1-3-10(15)11(16)5-8/h1-6H,7,17H2. The zero-order valence-electron chi connectivity index (χ0n) is 10.1. The molecule has 0 radical (unpaired) electrons. The number of halogens is 3. The van der Waals surface area contributed by atoms with E-state index in [2.05, 4.69) is 15.9 Å². The van der Waals surface area contributed by atoms with E-state index in [1.165, 1.54) is 12.1 Å². The number of benzene rings is 2. The first-order valence-electron chi connectivity index (χ1n) is 5.51. The van der Waals surface area contributed by atoms with Crippen LogP contribution < -0.4 is 5.73 Å². The second kappa shape index (κ2) is 5.93. The molecule has 0 amide bonds. The lowest BCUT2D eigenvalue weighted by molar-refractivity contribution is 0.595. The summed E-state index contributed by atoms with van der Waals surface area (Å²) in [7, 11) is -3.54.